The van der Waals surface area contributed by atoms with Crippen LogP contribution in [-0.4, -0.2) is 18.0 Å². The summed E-state index contributed by atoms with van der Waals surface area (Å²) in [5, 5.41) is 0. The molecule has 1 heterocycles. The van der Waals surface area contributed by atoms with Crippen molar-refractivity contribution in [1.82, 2.24) is 4.90 Å². The predicted molar refractivity (Wildman–Crippen MR) is 124 cm³/mol. The van der Waals surface area contributed by atoms with Gasteiger partial charge in [-0.1, -0.05) is 96.1 Å². The molecule has 2 aliphatic rings. The standard InChI is InChI=1S/C28H27N/c1-21-10-12-22(13-11-21)20-29-18-16-25(17-19-29)28-26-8-4-2-6-23(26)14-15-24-7-3-5-9-27(24)28/h2-15H,16-20H2,1H3. The molecular weight excluding hydrogens is 350 g/mol. The maximum absolute atomic E-state index is 2.60. The molecule has 0 aromatic heterocycles. The summed E-state index contributed by atoms with van der Waals surface area (Å²) < 4.78 is 0. The van der Waals surface area contributed by atoms with Crippen molar-refractivity contribution >= 4 is 17.7 Å². The lowest BCUT2D eigenvalue weighted by atomic mass is 9.86. The lowest BCUT2D eigenvalue weighted by Gasteiger charge is -2.30. The van der Waals surface area contributed by atoms with Crippen LogP contribution in [0, 0.1) is 6.92 Å². The number of fused-ring (bicyclic) bond motifs is 2. The highest BCUT2D eigenvalue weighted by Crippen LogP contribution is 2.38. The molecule has 1 nitrogen and oxygen atoms in total. The number of nitrogens with zero attached hydrogens (tertiary/aromatic N) is 1. The van der Waals surface area contributed by atoms with Gasteiger partial charge in [0.25, 0.3) is 0 Å². The Morgan fingerprint density at radius 1 is 0.690 bits per heavy atom. The van der Waals surface area contributed by atoms with Crippen molar-refractivity contribution in [3.63, 3.8) is 0 Å². The van der Waals surface area contributed by atoms with E-state index < -0.39 is 0 Å². The minimum absolute atomic E-state index is 1.05. The van der Waals surface area contributed by atoms with Crippen molar-refractivity contribution < 1.29 is 0 Å². The average Bonchev–Trinajstić information content (AvgIpc) is 2.93. The molecule has 29 heavy (non-hydrogen) atoms. The van der Waals surface area contributed by atoms with Gasteiger partial charge in [0.15, 0.2) is 0 Å². The summed E-state index contributed by atoms with van der Waals surface area (Å²) in [6.07, 6.45) is 6.83. The van der Waals surface area contributed by atoms with Crippen molar-refractivity contribution in [2.24, 2.45) is 0 Å². The van der Waals surface area contributed by atoms with Crippen molar-refractivity contribution in [3.05, 3.63) is 112 Å². The van der Waals surface area contributed by atoms with E-state index >= 15 is 0 Å². The van der Waals surface area contributed by atoms with Gasteiger partial charge in [-0.25, -0.2) is 0 Å². The number of hydrogen-bond donors (Lipinski definition) is 0. The molecule has 1 fully saturated rings. The zero-order valence-corrected chi connectivity index (χ0v) is 17.1. The molecule has 0 spiro atoms. The molecule has 3 aromatic carbocycles. The minimum Gasteiger partial charge on any atom is -0.298 e. The van der Waals surface area contributed by atoms with Crippen LogP contribution in [0.2, 0.25) is 0 Å². The van der Waals surface area contributed by atoms with Crippen LogP contribution >= 0.6 is 0 Å². The first-order chi connectivity index (χ1) is 14.3. The van der Waals surface area contributed by atoms with E-state index in [1.807, 2.05) is 0 Å². The predicted octanol–water partition coefficient (Wildman–Crippen LogP) is 6.58. The third-order valence-electron chi connectivity index (χ3n) is 6.24. The summed E-state index contributed by atoms with van der Waals surface area (Å²) >= 11 is 0. The Kier molecular flexibility index (Phi) is 4.91. The van der Waals surface area contributed by atoms with Gasteiger partial charge in [-0.15, -0.1) is 0 Å². The Morgan fingerprint density at radius 2 is 1.24 bits per heavy atom. The van der Waals surface area contributed by atoms with Gasteiger partial charge in [-0.2, -0.15) is 0 Å². The van der Waals surface area contributed by atoms with Gasteiger partial charge in [0.1, 0.15) is 0 Å². The maximum atomic E-state index is 2.60. The molecule has 5 rings (SSSR count). The SMILES string of the molecule is Cc1ccc(CN2CCC(=C3c4ccccc4C=Cc4ccccc43)CC2)cc1. The molecule has 144 valence electrons. The van der Waals surface area contributed by atoms with Crippen LogP contribution in [0.15, 0.2) is 78.4 Å². The number of benzene rings is 3. The van der Waals surface area contributed by atoms with E-state index in [0.717, 1.165) is 32.5 Å². The normalized spacial score (nSPS) is 16.3. The molecule has 3 aromatic rings. The molecule has 0 radical (unpaired) electrons. The fraction of sp³-hybridized carbons (Fsp3) is 0.214. The number of hydrogen-bond acceptors (Lipinski definition) is 1. The number of piperidine rings is 1. The van der Waals surface area contributed by atoms with E-state index in [2.05, 4.69) is 96.8 Å². The Hall–Kier alpha value is -2.90. The first-order valence-electron chi connectivity index (χ1n) is 10.6. The van der Waals surface area contributed by atoms with Gasteiger partial charge in [-0.05, 0) is 53.2 Å². The van der Waals surface area contributed by atoms with E-state index in [9.17, 15) is 0 Å². The van der Waals surface area contributed by atoms with Gasteiger partial charge in [0, 0.05) is 19.6 Å². The topological polar surface area (TPSA) is 3.24 Å². The minimum atomic E-state index is 1.05. The van der Waals surface area contributed by atoms with Crippen LogP contribution < -0.4 is 0 Å². The van der Waals surface area contributed by atoms with E-state index in [-0.39, 0.29) is 0 Å². The largest absolute Gasteiger partial charge is 0.298 e. The van der Waals surface area contributed by atoms with Crippen molar-refractivity contribution in [2.75, 3.05) is 13.1 Å². The zero-order chi connectivity index (χ0) is 19.6. The molecule has 0 saturated carbocycles. The maximum Gasteiger partial charge on any atom is 0.0233 e. The van der Waals surface area contributed by atoms with Crippen LogP contribution in [-0.2, 0) is 6.54 Å². The average molecular weight is 378 g/mol. The van der Waals surface area contributed by atoms with E-state index in [1.54, 1.807) is 5.57 Å². The molecule has 0 N–H and O–H groups in total. The molecule has 0 atom stereocenters. The highest BCUT2D eigenvalue weighted by molar-refractivity contribution is 5.94. The first kappa shape index (κ1) is 18.1. The van der Waals surface area contributed by atoms with Crippen LogP contribution in [0.25, 0.3) is 17.7 Å². The summed E-state index contributed by atoms with van der Waals surface area (Å²) in [7, 11) is 0. The fourth-order valence-corrected chi connectivity index (χ4v) is 4.63. The van der Waals surface area contributed by atoms with Crippen LogP contribution in [0.4, 0.5) is 0 Å². The number of aryl methyl sites for hydroxylation is 1. The van der Waals surface area contributed by atoms with Crippen molar-refractivity contribution in [2.45, 2.75) is 26.3 Å². The third kappa shape index (κ3) is 3.71. The first-order valence-corrected chi connectivity index (χ1v) is 10.6. The highest BCUT2D eigenvalue weighted by atomic mass is 15.1. The molecule has 0 amide bonds. The van der Waals surface area contributed by atoms with Crippen LogP contribution in [0.3, 0.4) is 0 Å². The summed E-state index contributed by atoms with van der Waals surface area (Å²) in [6.45, 7) is 5.47. The molecule has 0 bridgehead atoms. The second kappa shape index (κ2) is 7.85. The van der Waals surface area contributed by atoms with E-state index in [4.69, 9.17) is 0 Å². The van der Waals surface area contributed by atoms with Gasteiger partial charge in [-0.3, -0.25) is 4.90 Å². The Balaban J connectivity index is 1.46. The number of rotatable bonds is 2. The molecule has 1 aliphatic carbocycles. The summed E-state index contributed by atoms with van der Waals surface area (Å²) in [6, 6.07) is 26.7. The summed E-state index contributed by atoms with van der Waals surface area (Å²) in [5.41, 5.74) is 11.2. The highest BCUT2D eigenvalue weighted by Gasteiger charge is 2.22. The van der Waals surface area contributed by atoms with Gasteiger partial charge < -0.3 is 0 Å². The molecule has 1 aliphatic heterocycles. The fourth-order valence-electron chi connectivity index (χ4n) is 4.63. The lowest BCUT2D eigenvalue weighted by Crippen LogP contribution is -2.30. The van der Waals surface area contributed by atoms with Gasteiger partial charge in [0.05, 0.1) is 0 Å². The van der Waals surface area contributed by atoms with E-state index in [0.29, 0.717) is 0 Å². The van der Waals surface area contributed by atoms with Crippen molar-refractivity contribution in [1.29, 1.82) is 0 Å². The second-order valence-electron chi connectivity index (χ2n) is 8.25. The van der Waals surface area contributed by atoms with Crippen LogP contribution in [0.1, 0.15) is 46.2 Å². The van der Waals surface area contributed by atoms with Crippen molar-refractivity contribution in [3.8, 4) is 0 Å². The number of likely N-dealkylation sites (tertiary alicyclic amines) is 1. The third-order valence-corrected chi connectivity index (χ3v) is 6.24. The summed E-state index contributed by atoms with van der Waals surface area (Å²) in [4.78, 5) is 2.60. The second-order valence-corrected chi connectivity index (χ2v) is 8.25. The lowest BCUT2D eigenvalue weighted by molar-refractivity contribution is 0.248. The molecule has 1 heteroatoms. The Bertz CT molecular complexity index is 1020. The Morgan fingerprint density at radius 3 is 1.83 bits per heavy atom. The van der Waals surface area contributed by atoms with Gasteiger partial charge >= 0.3 is 0 Å². The monoisotopic (exact) mass is 377 g/mol. The summed E-state index contributed by atoms with van der Waals surface area (Å²) in [5.74, 6) is 0. The molecule has 0 unspecified atom stereocenters. The smallest absolute Gasteiger partial charge is 0.0233 e. The zero-order valence-electron chi connectivity index (χ0n) is 17.1. The van der Waals surface area contributed by atoms with Gasteiger partial charge in [0.2, 0.25) is 0 Å². The Labute approximate surface area is 174 Å². The van der Waals surface area contributed by atoms with E-state index in [1.165, 1.54) is 39.0 Å². The quantitative estimate of drug-likeness (QED) is 0.381. The van der Waals surface area contributed by atoms with Crippen LogP contribution in [0.5, 0.6) is 0 Å². The molecule has 1 saturated heterocycles. The molecular formula is C28H27N.